The molecule has 0 N–H and O–H groups in total. The number of carbonyl (C=O) groups is 1. The van der Waals surface area contributed by atoms with Crippen LogP contribution in [0.4, 0.5) is 0 Å². The van der Waals surface area contributed by atoms with Crippen molar-refractivity contribution in [1.29, 1.82) is 0 Å². The zero-order valence-corrected chi connectivity index (χ0v) is 17.3. The van der Waals surface area contributed by atoms with Crippen molar-refractivity contribution in [2.45, 2.75) is 49.4 Å². The first-order valence-corrected chi connectivity index (χ1v) is 10.6. The van der Waals surface area contributed by atoms with E-state index >= 15 is 0 Å². The lowest BCUT2D eigenvalue weighted by atomic mass is 10.1. The number of nitrogens with zero attached hydrogens (tertiary/aromatic N) is 2. The molecule has 0 saturated carbocycles. The highest BCUT2D eigenvalue weighted by Gasteiger charge is 2.25. The van der Waals surface area contributed by atoms with Gasteiger partial charge in [-0.2, -0.15) is 0 Å². The van der Waals surface area contributed by atoms with E-state index in [1.807, 2.05) is 16.7 Å². The first kappa shape index (κ1) is 20.0. The number of halogens is 1. The smallest absolute Gasteiger partial charge is 0.227 e. The number of pyridine rings is 1. The van der Waals surface area contributed by atoms with Gasteiger partial charge < -0.3 is 9.64 Å². The SMILES string of the molecule is CC(C)Sc1ccc(CC(=O)N2CCCC(Oc3ccncc3Cl)C2)cc1. The van der Waals surface area contributed by atoms with Crippen LogP contribution in [0, 0.1) is 0 Å². The van der Waals surface area contributed by atoms with Crippen molar-refractivity contribution in [2.24, 2.45) is 0 Å². The number of thioether (sulfide) groups is 1. The molecule has 1 amide bonds. The van der Waals surface area contributed by atoms with Crippen LogP contribution >= 0.6 is 23.4 Å². The summed E-state index contributed by atoms with van der Waals surface area (Å²) in [4.78, 5) is 19.8. The molecule has 1 aliphatic rings. The normalized spacial score (nSPS) is 17.2. The fraction of sp³-hybridized carbons (Fsp3) is 0.429. The minimum atomic E-state index is -0.0348. The summed E-state index contributed by atoms with van der Waals surface area (Å²) in [5.41, 5.74) is 1.05. The number of carbonyl (C=O) groups excluding carboxylic acids is 1. The molecule has 1 atom stereocenters. The van der Waals surface area contributed by atoms with Gasteiger partial charge in [-0.15, -0.1) is 11.8 Å². The van der Waals surface area contributed by atoms with Gasteiger partial charge in [0.1, 0.15) is 16.9 Å². The van der Waals surface area contributed by atoms with Crippen LogP contribution in [0.25, 0.3) is 0 Å². The third kappa shape index (κ3) is 5.88. The number of benzene rings is 1. The maximum Gasteiger partial charge on any atom is 0.227 e. The standard InChI is InChI=1S/C21H25ClN2O2S/c1-15(2)27-18-7-5-16(6-8-18)12-21(25)24-11-3-4-17(14-24)26-20-9-10-23-13-19(20)22/h5-10,13,15,17H,3-4,11-12,14H2,1-2H3. The number of aromatic nitrogens is 1. The molecule has 6 heteroatoms. The van der Waals surface area contributed by atoms with E-state index in [1.54, 1.807) is 18.5 Å². The van der Waals surface area contributed by atoms with Crippen molar-refractivity contribution in [3.63, 3.8) is 0 Å². The molecule has 144 valence electrons. The topological polar surface area (TPSA) is 42.4 Å². The molecule has 4 nitrogen and oxygen atoms in total. The summed E-state index contributed by atoms with van der Waals surface area (Å²) in [6.07, 6.45) is 5.48. The summed E-state index contributed by atoms with van der Waals surface area (Å²) in [5, 5.41) is 1.05. The maximum absolute atomic E-state index is 12.7. The number of rotatable bonds is 6. The van der Waals surface area contributed by atoms with E-state index in [-0.39, 0.29) is 12.0 Å². The fourth-order valence-electron chi connectivity index (χ4n) is 3.14. The molecule has 1 saturated heterocycles. The van der Waals surface area contributed by atoms with Gasteiger partial charge in [-0.25, -0.2) is 0 Å². The van der Waals surface area contributed by atoms with E-state index in [4.69, 9.17) is 16.3 Å². The Morgan fingerprint density at radius 1 is 1.33 bits per heavy atom. The Morgan fingerprint density at radius 3 is 2.81 bits per heavy atom. The third-order valence-electron chi connectivity index (χ3n) is 4.41. The molecular weight excluding hydrogens is 380 g/mol. The third-order valence-corrected chi connectivity index (χ3v) is 5.71. The maximum atomic E-state index is 12.7. The number of ether oxygens (including phenoxy) is 1. The van der Waals surface area contributed by atoms with Crippen LogP contribution < -0.4 is 4.74 Å². The Morgan fingerprint density at radius 2 is 2.11 bits per heavy atom. The van der Waals surface area contributed by atoms with Crippen LogP contribution in [-0.4, -0.2) is 40.2 Å². The Kier molecular flexibility index (Phi) is 7.02. The molecule has 0 spiro atoms. The van der Waals surface area contributed by atoms with E-state index in [0.717, 1.165) is 24.9 Å². The second kappa shape index (κ2) is 9.47. The van der Waals surface area contributed by atoms with Gasteiger partial charge in [0.2, 0.25) is 5.91 Å². The average molecular weight is 405 g/mol. The lowest BCUT2D eigenvalue weighted by Gasteiger charge is -2.33. The number of piperidine rings is 1. The number of hydrogen-bond donors (Lipinski definition) is 0. The molecule has 0 radical (unpaired) electrons. The van der Waals surface area contributed by atoms with Gasteiger partial charge in [-0.3, -0.25) is 9.78 Å². The van der Waals surface area contributed by atoms with Crippen molar-refractivity contribution < 1.29 is 9.53 Å². The van der Waals surface area contributed by atoms with Crippen molar-refractivity contribution in [2.75, 3.05) is 13.1 Å². The lowest BCUT2D eigenvalue weighted by Crippen LogP contribution is -2.45. The monoisotopic (exact) mass is 404 g/mol. The molecule has 27 heavy (non-hydrogen) atoms. The molecule has 2 aromatic rings. The quantitative estimate of drug-likeness (QED) is 0.645. The minimum Gasteiger partial charge on any atom is -0.487 e. The van der Waals surface area contributed by atoms with Crippen LogP contribution in [0.2, 0.25) is 5.02 Å². The van der Waals surface area contributed by atoms with Crippen molar-refractivity contribution >= 4 is 29.3 Å². The Balaban J connectivity index is 1.56. The molecule has 1 aromatic carbocycles. The molecule has 1 aromatic heterocycles. The highest BCUT2D eigenvalue weighted by atomic mass is 35.5. The molecule has 3 rings (SSSR count). The first-order chi connectivity index (χ1) is 13.0. The van der Waals surface area contributed by atoms with Gasteiger partial charge in [0.25, 0.3) is 0 Å². The predicted octanol–water partition coefficient (Wildman–Crippen LogP) is 4.85. The van der Waals surface area contributed by atoms with Crippen molar-refractivity contribution in [3.8, 4) is 5.75 Å². The van der Waals surface area contributed by atoms with E-state index in [9.17, 15) is 4.79 Å². The van der Waals surface area contributed by atoms with Crippen molar-refractivity contribution in [1.82, 2.24) is 9.88 Å². The van der Waals surface area contributed by atoms with Gasteiger partial charge in [0.15, 0.2) is 0 Å². The lowest BCUT2D eigenvalue weighted by molar-refractivity contribution is -0.133. The zero-order chi connectivity index (χ0) is 19.2. The second-order valence-corrected chi connectivity index (χ2v) is 9.07. The molecular formula is C21H25ClN2O2S. The van der Waals surface area contributed by atoms with E-state index < -0.39 is 0 Å². The van der Waals surface area contributed by atoms with Gasteiger partial charge in [-0.05, 0) is 30.5 Å². The highest BCUT2D eigenvalue weighted by Crippen LogP contribution is 2.26. The summed E-state index contributed by atoms with van der Waals surface area (Å²) >= 11 is 7.95. The molecule has 0 aliphatic carbocycles. The molecule has 1 aliphatic heterocycles. The predicted molar refractivity (Wildman–Crippen MR) is 111 cm³/mol. The number of amides is 1. The van der Waals surface area contributed by atoms with Crippen LogP contribution in [0.1, 0.15) is 32.3 Å². The summed E-state index contributed by atoms with van der Waals surface area (Å²) in [7, 11) is 0. The molecule has 1 fully saturated rings. The van der Waals surface area contributed by atoms with Gasteiger partial charge >= 0.3 is 0 Å². The fourth-order valence-corrected chi connectivity index (χ4v) is 4.14. The zero-order valence-electron chi connectivity index (χ0n) is 15.7. The van der Waals surface area contributed by atoms with E-state index in [2.05, 4.69) is 43.1 Å². The van der Waals surface area contributed by atoms with Crippen LogP contribution in [0.15, 0.2) is 47.6 Å². The highest BCUT2D eigenvalue weighted by molar-refractivity contribution is 7.99. The largest absolute Gasteiger partial charge is 0.487 e. The Labute approximate surface area is 170 Å². The second-order valence-electron chi connectivity index (χ2n) is 7.02. The Hall–Kier alpha value is -1.72. The van der Waals surface area contributed by atoms with Crippen molar-refractivity contribution in [3.05, 3.63) is 53.3 Å². The molecule has 2 heterocycles. The molecule has 0 bridgehead atoms. The van der Waals surface area contributed by atoms with Crippen LogP contribution in [0.3, 0.4) is 0 Å². The average Bonchev–Trinajstić information content (AvgIpc) is 2.65. The van der Waals surface area contributed by atoms with E-state index in [1.165, 1.54) is 4.90 Å². The number of hydrogen-bond acceptors (Lipinski definition) is 4. The Bertz CT molecular complexity index is 767. The van der Waals surface area contributed by atoms with Gasteiger partial charge in [0.05, 0.1) is 13.0 Å². The minimum absolute atomic E-state index is 0.0348. The summed E-state index contributed by atoms with van der Waals surface area (Å²) < 4.78 is 6.00. The first-order valence-electron chi connectivity index (χ1n) is 9.31. The van der Waals surface area contributed by atoms with Crippen LogP contribution in [0.5, 0.6) is 5.75 Å². The molecule has 1 unspecified atom stereocenters. The summed E-state index contributed by atoms with van der Waals surface area (Å²) in [5.74, 6) is 0.776. The summed E-state index contributed by atoms with van der Waals surface area (Å²) in [6, 6.07) is 10.1. The van der Waals surface area contributed by atoms with Gasteiger partial charge in [-0.1, -0.05) is 37.6 Å². The van der Waals surface area contributed by atoms with Crippen LogP contribution in [-0.2, 0) is 11.2 Å². The summed E-state index contributed by atoms with van der Waals surface area (Å²) in [6.45, 7) is 5.73. The number of likely N-dealkylation sites (tertiary alicyclic amines) is 1. The van der Waals surface area contributed by atoms with Gasteiger partial charge in [0, 0.05) is 35.2 Å². The van der Waals surface area contributed by atoms with E-state index in [0.29, 0.717) is 29.0 Å².